The molecule has 0 spiro atoms. The van der Waals surface area contributed by atoms with Crippen LogP contribution in [-0.4, -0.2) is 66.2 Å². The van der Waals surface area contributed by atoms with Crippen molar-refractivity contribution in [2.75, 3.05) is 26.7 Å². The number of non-ortho nitro benzene ring substituents is 1. The number of nitro benzene ring substituents is 1. The highest BCUT2D eigenvalue weighted by molar-refractivity contribution is 7.89. The molecule has 1 aromatic carbocycles. The second-order valence-corrected chi connectivity index (χ2v) is 8.28. The summed E-state index contributed by atoms with van der Waals surface area (Å²) in [5.41, 5.74) is -0.372. The SMILES string of the molecule is C[C@@H]1CN(C(=O)CN(C)S(=O)(=O)c2cccc([N+](=O)[O-])c2)C[C@H]1C(=O)O. The van der Waals surface area contributed by atoms with Crippen LogP contribution in [0, 0.1) is 22.0 Å². The number of amides is 1. The third-order valence-electron chi connectivity index (χ3n) is 4.38. The van der Waals surface area contributed by atoms with Gasteiger partial charge >= 0.3 is 5.97 Å². The Bertz CT molecular complexity index is 839. The molecular weight excluding hydrogens is 366 g/mol. The first kappa shape index (κ1) is 19.8. The Morgan fingerprint density at radius 3 is 2.58 bits per heavy atom. The van der Waals surface area contributed by atoms with E-state index in [2.05, 4.69) is 0 Å². The molecule has 1 aromatic rings. The lowest BCUT2D eigenvalue weighted by Gasteiger charge is -2.21. The zero-order valence-electron chi connectivity index (χ0n) is 14.2. The average molecular weight is 385 g/mol. The van der Waals surface area contributed by atoms with Crippen LogP contribution < -0.4 is 0 Å². The molecule has 0 aliphatic carbocycles. The minimum atomic E-state index is -4.10. The van der Waals surface area contributed by atoms with Gasteiger partial charge in [0.15, 0.2) is 0 Å². The van der Waals surface area contributed by atoms with Crippen molar-refractivity contribution in [1.82, 2.24) is 9.21 Å². The van der Waals surface area contributed by atoms with Crippen LogP contribution in [-0.2, 0) is 19.6 Å². The van der Waals surface area contributed by atoms with Crippen molar-refractivity contribution in [2.45, 2.75) is 11.8 Å². The molecule has 10 nitrogen and oxygen atoms in total. The first-order valence-electron chi connectivity index (χ1n) is 7.75. The Morgan fingerprint density at radius 1 is 1.38 bits per heavy atom. The molecule has 2 atom stereocenters. The van der Waals surface area contributed by atoms with Gasteiger partial charge in [0.05, 0.1) is 22.3 Å². The first-order chi connectivity index (χ1) is 12.0. The highest BCUT2D eigenvalue weighted by atomic mass is 32.2. The van der Waals surface area contributed by atoms with Gasteiger partial charge in [0.1, 0.15) is 0 Å². The Labute approximate surface area is 150 Å². The van der Waals surface area contributed by atoms with Gasteiger partial charge in [0, 0.05) is 32.3 Å². The molecule has 142 valence electrons. The van der Waals surface area contributed by atoms with Crippen LogP contribution in [0.1, 0.15) is 6.92 Å². The van der Waals surface area contributed by atoms with E-state index in [9.17, 15) is 28.1 Å². The maximum absolute atomic E-state index is 12.5. The number of hydrogen-bond acceptors (Lipinski definition) is 6. The maximum atomic E-state index is 12.5. The van der Waals surface area contributed by atoms with Crippen molar-refractivity contribution < 1.29 is 28.0 Å². The van der Waals surface area contributed by atoms with Crippen LogP contribution in [0.25, 0.3) is 0 Å². The monoisotopic (exact) mass is 385 g/mol. The number of hydrogen-bond donors (Lipinski definition) is 1. The van der Waals surface area contributed by atoms with Gasteiger partial charge < -0.3 is 10.0 Å². The van der Waals surface area contributed by atoms with E-state index >= 15 is 0 Å². The molecule has 1 aliphatic heterocycles. The van der Waals surface area contributed by atoms with Crippen LogP contribution in [0.15, 0.2) is 29.2 Å². The van der Waals surface area contributed by atoms with E-state index in [1.807, 2.05) is 0 Å². The summed E-state index contributed by atoms with van der Waals surface area (Å²) >= 11 is 0. The fourth-order valence-corrected chi connectivity index (χ4v) is 3.97. The predicted octanol–water partition coefficient (Wildman–Crippen LogP) is 0.394. The number of rotatable bonds is 6. The van der Waals surface area contributed by atoms with Gasteiger partial charge in [0.25, 0.3) is 5.69 Å². The molecule has 1 fully saturated rings. The highest BCUT2D eigenvalue weighted by Gasteiger charge is 2.37. The molecule has 1 saturated heterocycles. The lowest BCUT2D eigenvalue weighted by molar-refractivity contribution is -0.385. The molecule has 1 aliphatic rings. The summed E-state index contributed by atoms with van der Waals surface area (Å²) in [6.45, 7) is 1.50. The highest BCUT2D eigenvalue weighted by Crippen LogP contribution is 2.24. The second kappa shape index (κ2) is 7.38. The number of carboxylic acid groups (broad SMARTS) is 1. The van der Waals surface area contributed by atoms with Gasteiger partial charge in [-0.15, -0.1) is 0 Å². The van der Waals surface area contributed by atoms with Crippen LogP contribution >= 0.6 is 0 Å². The number of carboxylic acids is 1. The molecule has 0 aromatic heterocycles. The summed E-state index contributed by atoms with van der Waals surface area (Å²) in [6, 6.07) is 4.55. The van der Waals surface area contributed by atoms with Gasteiger partial charge in [-0.25, -0.2) is 8.42 Å². The normalized spacial score (nSPS) is 20.3. The number of nitrogens with zero attached hydrogens (tertiary/aromatic N) is 3. The Balaban J connectivity index is 2.12. The topological polar surface area (TPSA) is 138 Å². The summed E-state index contributed by atoms with van der Waals surface area (Å²) in [7, 11) is -2.90. The number of benzene rings is 1. The predicted molar refractivity (Wildman–Crippen MR) is 89.8 cm³/mol. The van der Waals surface area contributed by atoms with E-state index in [-0.39, 0.29) is 29.6 Å². The fourth-order valence-electron chi connectivity index (χ4n) is 2.80. The van der Waals surface area contributed by atoms with Gasteiger partial charge in [-0.3, -0.25) is 19.7 Å². The molecule has 26 heavy (non-hydrogen) atoms. The largest absolute Gasteiger partial charge is 0.481 e. The zero-order chi connectivity index (χ0) is 19.6. The lowest BCUT2D eigenvalue weighted by atomic mass is 9.99. The maximum Gasteiger partial charge on any atom is 0.308 e. The van der Waals surface area contributed by atoms with Crippen molar-refractivity contribution in [1.29, 1.82) is 0 Å². The quantitative estimate of drug-likeness (QED) is 0.552. The second-order valence-electron chi connectivity index (χ2n) is 6.24. The Kier molecular flexibility index (Phi) is 5.62. The molecule has 0 radical (unpaired) electrons. The number of carbonyl (C=O) groups excluding carboxylic acids is 1. The molecule has 11 heteroatoms. The van der Waals surface area contributed by atoms with Crippen molar-refractivity contribution in [3.05, 3.63) is 34.4 Å². The minimum absolute atomic E-state index is 0.0278. The van der Waals surface area contributed by atoms with Crippen molar-refractivity contribution in [3.8, 4) is 0 Å². The standard InChI is InChI=1S/C15H19N3O7S/c1-10-7-17(8-13(10)15(20)21)14(19)9-16(2)26(24,25)12-5-3-4-11(6-12)18(22)23/h3-6,10,13H,7-9H2,1-2H3,(H,20,21)/t10-,13-/m1/s1. The van der Waals surface area contributed by atoms with Gasteiger partial charge in [-0.2, -0.15) is 4.31 Å². The molecule has 1 N–H and O–H groups in total. The van der Waals surface area contributed by atoms with E-state index in [0.29, 0.717) is 0 Å². The van der Waals surface area contributed by atoms with E-state index in [1.165, 1.54) is 30.1 Å². The summed E-state index contributed by atoms with van der Waals surface area (Å²) in [5, 5.41) is 19.9. The average Bonchev–Trinajstić information content (AvgIpc) is 2.97. The lowest BCUT2D eigenvalue weighted by Crippen LogP contribution is -2.40. The van der Waals surface area contributed by atoms with Crippen LogP contribution in [0.2, 0.25) is 0 Å². The smallest absolute Gasteiger partial charge is 0.308 e. The first-order valence-corrected chi connectivity index (χ1v) is 9.19. The molecule has 0 bridgehead atoms. The minimum Gasteiger partial charge on any atom is -0.481 e. The van der Waals surface area contributed by atoms with Crippen LogP contribution in [0.5, 0.6) is 0 Å². The molecule has 2 rings (SSSR count). The number of sulfonamides is 1. The van der Waals surface area contributed by atoms with Crippen LogP contribution in [0.3, 0.4) is 0 Å². The Morgan fingerprint density at radius 2 is 2.04 bits per heavy atom. The number of nitro groups is 1. The molecule has 1 amide bonds. The third kappa shape index (κ3) is 3.99. The number of aliphatic carboxylic acids is 1. The van der Waals surface area contributed by atoms with Crippen LogP contribution in [0.4, 0.5) is 5.69 Å². The molecule has 1 heterocycles. The summed E-state index contributed by atoms with van der Waals surface area (Å²) < 4.78 is 25.9. The van der Waals surface area contributed by atoms with Gasteiger partial charge in [-0.05, 0) is 12.0 Å². The molecule has 0 saturated carbocycles. The molecule has 0 unspecified atom stereocenters. The van der Waals surface area contributed by atoms with E-state index in [1.54, 1.807) is 6.92 Å². The molecular formula is C15H19N3O7S. The van der Waals surface area contributed by atoms with Crippen molar-refractivity contribution >= 4 is 27.6 Å². The number of likely N-dealkylation sites (tertiary alicyclic amines) is 1. The van der Waals surface area contributed by atoms with E-state index in [0.717, 1.165) is 10.4 Å². The number of carbonyl (C=O) groups is 2. The number of likely N-dealkylation sites (N-methyl/N-ethyl adjacent to an activating group) is 1. The van der Waals surface area contributed by atoms with E-state index < -0.39 is 39.3 Å². The summed E-state index contributed by atoms with van der Waals surface area (Å²) in [4.78, 5) is 34.6. The fraction of sp³-hybridized carbons (Fsp3) is 0.467. The summed E-state index contributed by atoms with van der Waals surface area (Å²) in [6.07, 6.45) is 0. The summed E-state index contributed by atoms with van der Waals surface area (Å²) in [5.74, 6) is -2.42. The zero-order valence-corrected chi connectivity index (χ0v) is 15.0. The van der Waals surface area contributed by atoms with E-state index in [4.69, 9.17) is 5.11 Å². The Hall–Kier alpha value is -2.53. The van der Waals surface area contributed by atoms with Gasteiger partial charge in [-0.1, -0.05) is 13.0 Å². The van der Waals surface area contributed by atoms with Crippen molar-refractivity contribution in [3.63, 3.8) is 0 Å². The third-order valence-corrected chi connectivity index (χ3v) is 6.18. The van der Waals surface area contributed by atoms with Gasteiger partial charge in [0.2, 0.25) is 15.9 Å². The van der Waals surface area contributed by atoms with Crippen molar-refractivity contribution in [2.24, 2.45) is 11.8 Å².